The van der Waals surface area contributed by atoms with E-state index in [1.807, 2.05) is 25.1 Å². The van der Waals surface area contributed by atoms with E-state index in [-0.39, 0.29) is 43.1 Å². The van der Waals surface area contributed by atoms with Crippen LogP contribution in [0.4, 0.5) is 16.2 Å². The Bertz CT molecular complexity index is 1090. The average molecular weight is 467 g/mol. The number of hydrogen-bond acceptors (Lipinski definition) is 5. The Kier molecular flexibility index (Phi) is 7.02. The number of benzene rings is 2. The van der Waals surface area contributed by atoms with Crippen LogP contribution in [0.3, 0.4) is 0 Å². The highest BCUT2D eigenvalue weighted by atomic mass is 16.5. The third kappa shape index (κ3) is 5.31. The Hall–Kier alpha value is -3.59. The fourth-order valence-corrected chi connectivity index (χ4v) is 4.43. The molecule has 2 heterocycles. The zero-order chi connectivity index (χ0) is 24.2. The highest BCUT2D eigenvalue weighted by Crippen LogP contribution is 2.32. The van der Waals surface area contributed by atoms with Gasteiger partial charge in [0.25, 0.3) is 5.91 Å². The van der Waals surface area contributed by atoms with Gasteiger partial charge in [0.05, 0.1) is 24.1 Å². The first-order valence-electron chi connectivity index (χ1n) is 11.4. The number of urea groups is 1. The molecule has 3 atom stereocenters. The number of ether oxygens (including phenoxy) is 2. The van der Waals surface area contributed by atoms with Crippen LogP contribution in [-0.4, -0.2) is 61.7 Å². The molecule has 0 aliphatic carbocycles. The fraction of sp³-hybridized carbons (Fsp3) is 0.400. The summed E-state index contributed by atoms with van der Waals surface area (Å²) >= 11 is 0. The molecule has 0 spiro atoms. The van der Waals surface area contributed by atoms with Crippen LogP contribution in [0, 0.1) is 6.92 Å². The normalized spacial score (nSPS) is 21.8. The second kappa shape index (κ2) is 10.1. The van der Waals surface area contributed by atoms with Crippen molar-refractivity contribution in [3.8, 4) is 5.75 Å². The van der Waals surface area contributed by atoms with Gasteiger partial charge in [-0.2, -0.15) is 0 Å². The van der Waals surface area contributed by atoms with E-state index in [9.17, 15) is 14.4 Å². The minimum absolute atomic E-state index is 0.0727. The summed E-state index contributed by atoms with van der Waals surface area (Å²) in [6, 6.07) is 11.9. The zero-order valence-electron chi connectivity index (χ0n) is 19.6. The van der Waals surface area contributed by atoms with Gasteiger partial charge in [0, 0.05) is 25.5 Å². The monoisotopic (exact) mass is 466 g/mol. The van der Waals surface area contributed by atoms with E-state index in [4.69, 9.17) is 9.47 Å². The van der Waals surface area contributed by atoms with Crippen LogP contribution in [0.25, 0.3) is 0 Å². The van der Waals surface area contributed by atoms with Crippen molar-refractivity contribution >= 4 is 29.2 Å². The van der Waals surface area contributed by atoms with Gasteiger partial charge >= 0.3 is 6.03 Å². The van der Waals surface area contributed by atoms with E-state index >= 15 is 0 Å². The molecule has 0 saturated carbocycles. The van der Waals surface area contributed by atoms with Gasteiger partial charge in [0.1, 0.15) is 18.5 Å². The first-order valence-corrected chi connectivity index (χ1v) is 11.4. The Morgan fingerprint density at radius 2 is 1.85 bits per heavy atom. The number of nitrogens with zero attached hydrogens (tertiary/aromatic N) is 1. The molecule has 2 aliphatic heterocycles. The fourth-order valence-electron chi connectivity index (χ4n) is 4.43. The quantitative estimate of drug-likeness (QED) is 0.641. The molecular weight excluding hydrogens is 436 g/mol. The lowest BCUT2D eigenvalue weighted by atomic mass is 9.94. The summed E-state index contributed by atoms with van der Waals surface area (Å²) in [5.74, 6) is 0.147. The highest BCUT2D eigenvalue weighted by Gasteiger charge is 2.39. The SMILES string of the molecule is CNC(=O)C[C@H]1CC[C@@H]2[C@H](COc3ccc(NC(=O)Nc4cccc(C)c4)cc3C(=O)N2C)O1. The molecular formula is C25H30N4O5. The van der Waals surface area contributed by atoms with Gasteiger partial charge in [-0.05, 0) is 55.7 Å². The first kappa shape index (κ1) is 23.6. The van der Waals surface area contributed by atoms with Crippen LogP contribution in [0.5, 0.6) is 5.75 Å². The molecule has 2 aromatic carbocycles. The van der Waals surface area contributed by atoms with Crippen LogP contribution >= 0.6 is 0 Å². The Balaban J connectivity index is 1.47. The van der Waals surface area contributed by atoms with E-state index in [0.29, 0.717) is 35.5 Å². The highest BCUT2D eigenvalue weighted by molar-refractivity contribution is 6.02. The summed E-state index contributed by atoms with van der Waals surface area (Å²) in [6.07, 6.45) is 1.14. The maximum atomic E-state index is 13.3. The number of rotatable bonds is 4. The molecule has 2 aromatic rings. The predicted octanol–water partition coefficient (Wildman–Crippen LogP) is 3.16. The summed E-state index contributed by atoms with van der Waals surface area (Å²) in [5, 5.41) is 8.19. The molecule has 4 amide bonds. The largest absolute Gasteiger partial charge is 0.490 e. The maximum absolute atomic E-state index is 13.3. The number of carbonyl (C=O) groups is 3. The Morgan fingerprint density at radius 3 is 2.59 bits per heavy atom. The smallest absolute Gasteiger partial charge is 0.323 e. The summed E-state index contributed by atoms with van der Waals surface area (Å²) < 4.78 is 12.1. The van der Waals surface area contributed by atoms with Crippen molar-refractivity contribution in [3.05, 3.63) is 53.6 Å². The molecule has 3 N–H and O–H groups in total. The maximum Gasteiger partial charge on any atom is 0.323 e. The topological polar surface area (TPSA) is 109 Å². The number of carbonyl (C=O) groups excluding carboxylic acids is 3. The van der Waals surface area contributed by atoms with Gasteiger partial charge in [-0.15, -0.1) is 0 Å². The van der Waals surface area contributed by atoms with Gasteiger partial charge in [-0.3, -0.25) is 9.59 Å². The molecule has 0 radical (unpaired) electrons. The minimum Gasteiger partial charge on any atom is -0.490 e. The van der Waals surface area contributed by atoms with Gasteiger partial charge in [0.15, 0.2) is 0 Å². The lowest BCUT2D eigenvalue weighted by Crippen LogP contribution is -2.53. The van der Waals surface area contributed by atoms with E-state index in [2.05, 4.69) is 16.0 Å². The van der Waals surface area contributed by atoms with Crippen molar-refractivity contribution < 1.29 is 23.9 Å². The lowest BCUT2D eigenvalue weighted by molar-refractivity contribution is -0.133. The molecule has 0 aromatic heterocycles. The van der Waals surface area contributed by atoms with Crippen molar-refractivity contribution in [1.29, 1.82) is 0 Å². The van der Waals surface area contributed by atoms with Gasteiger partial charge < -0.3 is 30.3 Å². The van der Waals surface area contributed by atoms with Crippen LogP contribution in [-0.2, 0) is 9.53 Å². The number of likely N-dealkylation sites (N-methyl/N-ethyl adjacent to an activating group) is 1. The van der Waals surface area contributed by atoms with E-state index in [0.717, 1.165) is 5.56 Å². The van der Waals surface area contributed by atoms with Crippen molar-refractivity contribution in [1.82, 2.24) is 10.2 Å². The lowest BCUT2D eigenvalue weighted by Gasteiger charge is -2.42. The summed E-state index contributed by atoms with van der Waals surface area (Å²) in [6.45, 7) is 2.21. The van der Waals surface area contributed by atoms with Crippen molar-refractivity contribution in [2.24, 2.45) is 0 Å². The van der Waals surface area contributed by atoms with Gasteiger partial charge in [0.2, 0.25) is 5.91 Å². The number of fused-ring (bicyclic) bond motifs is 2. The summed E-state index contributed by atoms with van der Waals surface area (Å²) in [4.78, 5) is 39.2. The third-order valence-electron chi connectivity index (χ3n) is 6.24. The number of aryl methyl sites for hydroxylation is 1. The predicted molar refractivity (Wildman–Crippen MR) is 128 cm³/mol. The molecule has 34 heavy (non-hydrogen) atoms. The minimum atomic E-state index is -0.402. The number of amides is 4. The van der Waals surface area contributed by atoms with Crippen molar-refractivity contribution in [2.75, 3.05) is 31.3 Å². The van der Waals surface area contributed by atoms with Gasteiger partial charge in [-0.1, -0.05) is 12.1 Å². The molecule has 0 bridgehead atoms. The van der Waals surface area contributed by atoms with Crippen LogP contribution in [0.15, 0.2) is 42.5 Å². The number of hydrogen-bond donors (Lipinski definition) is 3. The second-order valence-electron chi connectivity index (χ2n) is 8.71. The first-order chi connectivity index (χ1) is 16.3. The Labute approximate surface area is 198 Å². The summed E-state index contributed by atoms with van der Waals surface area (Å²) in [5.41, 5.74) is 2.58. The molecule has 9 heteroatoms. The van der Waals surface area contributed by atoms with Crippen LogP contribution < -0.4 is 20.7 Å². The molecule has 9 nitrogen and oxygen atoms in total. The van der Waals surface area contributed by atoms with Gasteiger partial charge in [-0.25, -0.2) is 4.79 Å². The third-order valence-corrected chi connectivity index (χ3v) is 6.24. The number of nitrogens with one attached hydrogen (secondary N) is 3. The molecule has 1 fully saturated rings. The Morgan fingerprint density at radius 1 is 1.09 bits per heavy atom. The van der Waals surface area contributed by atoms with Crippen molar-refractivity contribution in [2.45, 2.75) is 44.4 Å². The molecule has 2 aliphatic rings. The summed E-state index contributed by atoms with van der Waals surface area (Å²) in [7, 11) is 3.35. The molecule has 0 unspecified atom stereocenters. The second-order valence-corrected chi connectivity index (χ2v) is 8.71. The van der Waals surface area contributed by atoms with Crippen LogP contribution in [0.2, 0.25) is 0 Å². The number of anilines is 2. The van der Waals surface area contributed by atoms with E-state index in [1.165, 1.54) is 0 Å². The van der Waals surface area contributed by atoms with Crippen LogP contribution in [0.1, 0.15) is 35.2 Å². The van der Waals surface area contributed by atoms with E-state index < -0.39 is 6.03 Å². The molecule has 1 saturated heterocycles. The molecule has 4 rings (SSSR count). The van der Waals surface area contributed by atoms with E-state index in [1.54, 1.807) is 43.3 Å². The van der Waals surface area contributed by atoms with Crippen molar-refractivity contribution in [3.63, 3.8) is 0 Å². The molecule has 180 valence electrons. The average Bonchev–Trinajstić information content (AvgIpc) is 2.81. The zero-order valence-corrected chi connectivity index (χ0v) is 19.6. The standard InChI is InChI=1S/C25H30N4O5/c1-15-5-4-6-16(11-15)27-25(32)28-17-7-10-21-19(12-17)24(31)29(3)20-9-8-18(13-23(30)26-2)34-22(20)14-33-21/h4-7,10-12,18,20,22H,8-9,13-14H2,1-3H3,(H,26,30)(H2,27,28,32)/t18-,20-,22+/m1/s1.